The number of carbonyl (C=O) groups is 2. The van der Waals surface area contributed by atoms with Crippen molar-refractivity contribution in [3.05, 3.63) is 23.5 Å². The number of aromatic nitrogens is 1. The second kappa shape index (κ2) is 7.20. The maximum Gasteiger partial charge on any atom is 0.347 e. The normalized spacial score (nSPS) is 9.63. The van der Waals surface area contributed by atoms with Crippen LogP contribution < -0.4 is 5.32 Å². The SMILES string of the molecule is CCOC(=O)C(=CNc1cc(C)no1)C(=O)OCC. The van der Waals surface area contributed by atoms with Crippen LogP contribution in [0.5, 0.6) is 0 Å². The van der Waals surface area contributed by atoms with Crippen LogP contribution in [0.3, 0.4) is 0 Å². The number of nitrogens with one attached hydrogen (secondary N) is 1. The van der Waals surface area contributed by atoms with E-state index >= 15 is 0 Å². The second-order valence-corrected chi connectivity index (χ2v) is 3.48. The molecular weight excluding hydrogens is 252 g/mol. The number of hydrogen-bond donors (Lipinski definition) is 1. The molecule has 1 aromatic heterocycles. The van der Waals surface area contributed by atoms with Gasteiger partial charge in [0, 0.05) is 12.3 Å². The van der Waals surface area contributed by atoms with Gasteiger partial charge in [-0.2, -0.15) is 0 Å². The van der Waals surface area contributed by atoms with Crippen molar-refractivity contribution in [2.24, 2.45) is 0 Å². The molecule has 0 fully saturated rings. The minimum atomic E-state index is -0.760. The van der Waals surface area contributed by atoms with Gasteiger partial charge in [-0.05, 0) is 20.8 Å². The summed E-state index contributed by atoms with van der Waals surface area (Å²) in [6, 6.07) is 1.62. The Bertz CT molecular complexity index is 458. The summed E-state index contributed by atoms with van der Waals surface area (Å²) in [6.45, 7) is 5.37. The number of carbonyl (C=O) groups excluding carboxylic acids is 2. The zero-order valence-corrected chi connectivity index (χ0v) is 11.1. The first-order valence-corrected chi connectivity index (χ1v) is 5.82. The molecule has 0 aliphatic heterocycles. The Kier molecular flexibility index (Phi) is 5.59. The van der Waals surface area contributed by atoms with Gasteiger partial charge in [-0.1, -0.05) is 5.16 Å². The summed E-state index contributed by atoms with van der Waals surface area (Å²) in [4.78, 5) is 23.2. The van der Waals surface area contributed by atoms with E-state index in [1.807, 2.05) is 0 Å². The van der Waals surface area contributed by atoms with Crippen molar-refractivity contribution in [2.45, 2.75) is 20.8 Å². The zero-order chi connectivity index (χ0) is 14.3. The average molecular weight is 268 g/mol. The standard InChI is InChI=1S/C12H16N2O5/c1-4-17-11(15)9(12(16)18-5-2)7-13-10-6-8(3)14-19-10/h6-7,13H,4-5H2,1-3H3. The van der Waals surface area contributed by atoms with Crippen LogP contribution in [-0.2, 0) is 19.1 Å². The van der Waals surface area contributed by atoms with Crippen LogP contribution in [0.1, 0.15) is 19.5 Å². The highest BCUT2D eigenvalue weighted by atomic mass is 16.6. The van der Waals surface area contributed by atoms with E-state index in [2.05, 4.69) is 10.5 Å². The highest BCUT2D eigenvalue weighted by molar-refractivity contribution is 6.14. The molecule has 0 spiro atoms. The third-order valence-electron chi connectivity index (χ3n) is 1.98. The maximum atomic E-state index is 11.6. The molecule has 7 heteroatoms. The fraction of sp³-hybridized carbons (Fsp3) is 0.417. The molecule has 0 saturated carbocycles. The van der Waals surface area contributed by atoms with Gasteiger partial charge in [0.25, 0.3) is 0 Å². The van der Waals surface area contributed by atoms with Crippen LogP contribution >= 0.6 is 0 Å². The molecule has 1 aromatic rings. The Morgan fingerprint density at radius 1 is 1.32 bits per heavy atom. The summed E-state index contributed by atoms with van der Waals surface area (Å²) in [5, 5.41) is 6.31. The summed E-state index contributed by atoms with van der Waals surface area (Å²) >= 11 is 0. The largest absolute Gasteiger partial charge is 0.462 e. The molecule has 0 aliphatic rings. The van der Waals surface area contributed by atoms with Gasteiger partial charge in [0.05, 0.1) is 18.9 Å². The highest BCUT2D eigenvalue weighted by Gasteiger charge is 2.21. The lowest BCUT2D eigenvalue weighted by atomic mass is 10.3. The summed E-state index contributed by atoms with van der Waals surface area (Å²) < 4.78 is 14.4. The fourth-order valence-electron chi connectivity index (χ4n) is 1.19. The molecule has 0 atom stereocenters. The van der Waals surface area contributed by atoms with E-state index in [-0.39, 0.29) is 18.8 Å². The van der Waals surface area contributed by atoms with Crippen molar-refractivity contribution in [2.75, 3.05) is 18.5 Å². The average Bonchev–Trinajstić information content (AvgIpc) is 2.76. The Hall–Kier alpha value is -2.31. The molecule has 1 heterocycles. The number of ether oxygens (including phenoxy) is 2. The molecule has 0 radical (unpaired) electrons. The van der Waals surface area contributed by atoms with Crippen molar-refractivity contribution in [3.8, 4) is 0 Å². The van der Waals surface area contributed by atoms with Gasteiger partial charge in [0.2, 0.25) is 5.88 Å². The van der Waals surface area contributed by atoms with Gasteiger partial charge in [0.15, 0.2) is 5.57 Å². The van der Waals surface area contributed by atoms with Gasteiger partial charge in [-0.15, -0.1) is 0 Å². The van der Waals surface area contributed by atoms with Crippen LogP contribution in [-0.4, -0.2) is 30.3 Å². The number of anilines is 1. The molecular formula is C12H16N2O5. The Morgan fingerprint density at radius 2 is 1.89 bits per heavy atom. The Morgan fingerprint density at radius 3 is 2.32 bits per heavy atom. The van der Waals surface area contributed by atoms with Crippen molar-refractivity contribution in [1.29, 1.82) is 0 Å². The van der Waals surface area contributed by atoms with E-state index in [9.17, 15) is 9.59 Å². The van der Waals surface area contributed by atoms with Crippen LogP contribution in [0.2, 0.25) is 0 Å². The molecule has 104 valence electrons. The number of rotatable bonds is 6. The van der Waals surface area contributed by atoms with Gasteiger partial charge in [-0.25, -0.2) is 9.59 Å². The minimum absolute atomic E-state index is 0.164. The van der Waals surface area contributed by atoms with E-state index < -0.39 is 11.9 Å². The van der Waals surface area contributed by atoms with Crippen molar-refractivity contribution in [1.82, 2.24) is 5.16 Å². The maximum absolute atomic E-state index is 11.6. The molecule has 7 nitrogen and oxygen atoms in total. The number of hydrogen-bond acceptors (Lipinski definition) is 7. The lowest BCUT2D eigenvalue weighted by Crippen LogP contribution is -2.19. The Balaban J connectivity index is 2.82. The van der Waals surface area contributed by atoms with Crippen molar-refractivity contribution >= 4 is 17.8 Å². The predicted molar refractivity (Wildman–Crippen MR) is 66.2 cm³/mol. The van der Waals surface area contributed by atoms with E-state index in [0.29, 0.717) is 11.6 Å². The topological polar surface area (TPSA) is 90.7 Å². The van der Waals surface area contributed by atoms with Crippen LogP contribution in [0, 0.1) is 6.92 Å². The van der Waals surface area contributed by atoms with Gasteiger partial charge >= 0.3 is 11.9 Å². The summed E-state index contributed by atoms with van der Waals surface area (Å²) in [5.41, 5.74) is 0.433. The van der Waals surface area contributed by atoms with E-state index in [0.717, 1.165) is 0 Å². The lowest BCUT2D eigenvalue weighted by molar-refractivity contribution is -0.146. The quantitative estimate of drug-likeness (QED) is 0.361. The first-order valence-electron chi connectivity index (χ1n) is 5.82. The summed E-state index contributed by atoms with van der Waals surface area (Å²) in [7, 11) is 0. The molecule has 0 unspecified atom stereocenters. The number of aryl methyl sites for hydroxylation is 1. The van der Waals surface area contributed by atoms with Crippen molar-refractivity contribution < 1.29 is 23.6 Å². The van der Waals surface area contributed by atoms with Crippen LogP contribution in [0.15, 0.2) is 22.4 Å². The summed E-state index contributed by atoms with van der Waals surface area (Å²) in [5.74, 6) is -1.21. The Labute approximate surface area is 110 Å². The fourth-order valence-corrected chi connectivity index (χ4v) is 1.19. The molecule has 0 aliphatic carbocycles. The lowest BCUT2D eigenvalue weighted by Gasteiger charge is -2.06. The first-order chi connectivity index (χ1) is 9.08. The molecule has 0 amide bonds. The molecule has 0 aromatic carbocycles. The third kappa shape index (κ3) is 4.46. The summed E-state index contributed by atoms with van der Waals surface area (Å²) in [6.07, 6.45) is 1.18. The molecule has 0 bridgehead atoms. The molecule has 0 saturated heterocycles. The molecule has 1 N–H and O–H groups in total. The third-order valence-corrected chi connectivity index (χ3v) is 1.98. The predicted octanol–water partition coefficient (Wildman–Crippen LogP) is 1.41. The minimum Gasteiger partial charge on any atom is -0.462 e. The van der Waals surface area contributed by atoms with Crippen LogP contribution in [0.4, 0.5) is 5.88 Å². The van der Waals surface area contributed by atoms with Gasteiger partial charge < -0.3 is 19.3 Å². The van der Waals surface area contributed by atoms with E-state index in [1.54, 1.807) is 26.8 Å². The number of esters is 2. The molecule has 1 rings (SSSR count). The first kappa shape index (κ1) is 14.7. The van der Waals surface area contributed by atoms with E-state index in [4.69, 9.17) is 14.0 Å². The zero-order valence-electron chi connectivity index (χ0n) is 11.1. The van der Waals surface area contributed by atoms with Gasteiger partial charge in [0.1, 0.15) is 0 Å². The smallest absolute Gasteiger partial charge is 0.347 e. The molecule has 19 heavy (non-hydrogen) atoms. The van der Waals surface area contributed by atoms with Crippen molar-refractivity contribution in [3.63, 3.8) is 0 Å². The van der Waals surface area contributed by atoms with Crippen LogP contribution in [0.25, 0.3) is 0 Å². The monoisotopic (exact) mass is 268 g/mol. The van der Waals surface area contributed by atoms with Gasteiger partial charge in [-0.3, -0.25) is 0 Å². The number of nitrogens with zero attached hydrogens (tertiary/aromatic N) is 1. The van der Waals surface area contributed by atoms with E-state index in [1.165, 1.54) is 6.20 Å². The second-order valence-electron chi connectivity index (χ2n) is 3.48. The highest BCUT2D eigenvalue weighted by Crippen LogP contribution is 2.10.